The molecule has 1 aromatic rings. The molecule has 0 aliphatic rings. The van der Waals surface area contributed by atoms with Crippen LogP contribution in [0.2, 0.25) is 0 Å². The molecule has 86 valence electrons. The van der Waals surface area contributed by atoms with Gasteiger partial charge in [0.15, 0.2) is 0 Å². The number of hydrogen-bond acceptors (Lipinski definition) is 2. The van der Waals surface area contributed by atoms with E-state index in [1.54, 1.807) is 0 Å². The van der Waals surface area contributed by atoms with E-state index in [1.165, 1.54) is 6.07 Å². The summed E-state index contributed by atoms with van der Waals surface area (Å²) in [6, 6.07) is 1.62. The summed E-state index contributed by atoms with van der Waals surface area (Å²) >= 11 is 0. The van der Waals surface area contributed by atoms with Gasteiger partial charge in [-0.15, -0.1) is 0 Å². The van der Waals surface area contributed by atoms with Gasteiger partial charge in [0.1, 0.15) is 17.5 Å². The highest BCUT2D eigenvalue weighted by molar-refractivity contribution is 5.39. The molecule has 0 fully saturated rings. The van der Waals surface area contributed by atoms with Gasteiger partial charge < -0.3 is 0 Å². The third kappa shape index (κ3) is 2.27. The first-order chi connectivity index (χ1) is 7.27. The maximum absolute atomic E-state index is 12.4. The molecule has 0 radical (unpaired) electrons. The molecule has 0 spiro atoms. The third-order valence-electron chi connectivity index (χ3n) is 1.94. The number of nitrogens with zero attached hydrogens (tertiary/aromatic N) is 2. The second-order valence-electron chi connectivity index (χ2n) is 2.98. The van der Waals surface area contributed by atoms with Crippen LogP contribution in [0.15, 0.2) is 6.07 Å². The number of hydrogen-bond donors (Lipinski definition) is 0. The van der Waals surface area contributed by atoms with Crippen LogP contribution in [0.3, 0.4) is 0 Å². The molecule has 0 N–H and O–H groups in total. The number of pyridine rings is 1. The zero-order chi connectivity index (χ0) is 12.5. The molecule has 0 amide bonds. The van der Waals surface area contributed by atoms with Crippen LogP contribution >= 0.6 is 0 Å². The minimum absolute atomic E-state index is 0.231. The summed E-state index contributed by atoms with van der Waals surface area (Å²) in [4.78, 5) is 2.99. The Morgan fingerprint density at radius 3 is 2.31 bits per heavy atom. The van der Waals surface area contributed by atoms with Gasteiger partial charge in [0, 0.05) is 5.56 Å². The minimum atomic E-state index is -4.84. The van der Waals surface area contributed by atoms with Gasteiger partial charge in [0.2, 0.25) is 0 Å². The average Bonchev–Trinajstić information content (AvgIpc) is 2.15. The number of nitriles is 1. The van der Waals surface area contributed by atoms with E-state index in [9.17, 15) is 22.0 Å². The van der Waals surface area contributed by atoms with Crippen molar-refractivity contribution < 1.29 is 22.0 Å². The van der Waals surface area contributed by atoms with Gasteiger partial charge in [-0.2, -0.15) is 18.4 Å². The molecule has 0 bridgehead atoms. The number of rotatable bonds is 1. The molecule has 0 aliphatic heterocycles. The Labute approximate surface area is 87.3 Å². The van der Waals surface area contributed by atoms with Crippen molar-refractivity contribution in [2.45, 2.75) is 19.5 Å². The van der Waals surface area contributed by atoms with E-state index in [0.29, 0.717) is 0 Å². The molecule has 0 saturated carbocycles. The van der Waals surface area contributed by atoms with Crippen molar-refractivity contribution in [1.82, 2.24) is 4.98 Å². The van der Waals surface area contributed by atoms with Crippen LogP contribution in [0.1, 0.15) is 28.9 Å². The van der Waals surface area contributed by atoms with E-state index in [0.717, 1.165) is 6.92 Å². The lowest BCUT2D eigenvalue weighted by atomic mass is 10.1. The van der Waals surface area contributed by atoms with Gasteiger partial charge in [-0.1, -0.05) is 0 Å². The highest BCUT2D eigenvalue weighted by atomic mass is 19.4. The highest BCUT2D eigenvalue weighted by Gasteiger charge is 2.34. The largest absolute Gasteiger partial charge is 0.433 e. The first-order valence-electron chi connectivity index (χ1n) is 4.04. The Kier molecular flexibility index (Phi) is 3.12. The van der Waals surface area contributed by atoms with Crippen molar-refractivity contribution in [3.8, 4) is 6.07 Å². The van der Waals surface area contributed by atoms with Crippen molar-refractivity contribution in [1.29, 1.82) is 5.26 Å². The second-order valence-corrected chi connectivity index (χ2v) is 2.98. The summed E-state index contributed by atoms with van der Waals surface area (Å²) in [5.41, 5.74) is -3.17. The first-order valence-corrected chi connectivity index (χ1v) is 4.04. The van der Waals surface area contributed by atoms with Crippen LogP contribution in [0.5, 0.6) is 0 Å². The van der Waals surface area contributed by atoms with Gasteiger partial charge in [-0.25, -0.2) is 13.8 Å². The van der Waals surface area contributed by atoms with Crippen molar-refractivity contribution in [2.24, 2.45) is 0 Å². The van der Waals surface area contributed by atoms with Crippen LogP contribution in [0, 0.1) is 18.3 Å². The van der Waals surface area contributed by atoms with Crippen molar-refractivity contribution in [2.75, 3.05) is 0 Å². The molecule has 2 nitrogen and oxygen atoms in total. The molecule has 0 aromatic carbocycles. The summed E-state index contributed by atoms with van der Waals surface area (Å²) < 4.78 is 61.6. The summed E-state index contributed by atoms with van der Waals surface area (Å²) in [6.45, 7) is 1.13. The molecule has 1 rings (SSSR count). The fourth-order valence-corrected chi connectivity index (χ4v) is 1.11. The molecule has 1 heterocycles. The predicted molar refractivity (Wildman–Crippen MR) is 43.6 cm³/mol. The summed E-state index contributed by atoms with van der Waals surface area (Å²) in [6.07, 6.45) is -7.92. The highest BCUT2D eigenvalue weighted by Crippen LogP contribution is 2.32. The topological polar surface area (TPSA) is 36.7 Å². The van der Waals surface area contributed by atoms with E-state index in [-0.39, 0.29) is 11.6 Å². The molecule has 0 unspecified atom stereocenters. The summed E-state index contributed by atoms with van der Waals surface area (Å²) in [5, 5.41) is 8.49. The molecular formula is C9H5F5N2. The smallest absolute Gasteiger partial charge is 0.232 e. The fraction of sp³-hybridized carbons (Fsp3) is 0.333. The van der Waals surface area contributed by atoms with Crippen LogP contribution in [0.4, 0.5) is 22.0 Å². The van der Waals surface area contributed by atoms with Crippen LogP contribution in [-0.2, 0) is 6.18 Å². The molecular weight excluding hydrogens is 231 g/mol. The Balaban J connectivity index is 3.48. The third-order valence-corrected chi connectivity index (χ3v) is 1.94. The van der Waals surface area contributed by atoms with E-state index < -0.39 is 29.6 Å². The van der Waals surface area contributed by atoms with Gasteiger partial charge in [-0.3, -0.25) is 0 Å². The Morgan fingerprint density at radius 2 is 1.94 bits per heavy atom. The predicted octanol–water partition coefficient (Wildman–Crippen LogP) is 3.22. The first kappa shape index (κ1) is 12.4. The van der Waals surface area contributed by atoms with E-state index in [4.69, 9.17) is 5.26 Å². The van der Waals surface area contributed by atoms with E-state index in [1.807, 2.05) is 0 Å². The molecule has 0 atom stereocenters. The maximum Gasteiger partial charge on any atom is 0.433 e. The quantitative estimate of drug-likeness (QED) is 0.702. The van der Waals surface area contributed by atoms with Crippen LogP contribution in [-0.4, -0.2) is 4.98 Å². The van der Waals surface area contributed by atoms with Crippen molar-refractivity contribution >= 4 is 0 Å². The molecule has 0 aliphatic carbocycles. The summed E-state index contributed by atoms with van der Waals surface area (Å²) in [5.74, 6) is 0. The van der Waals surface area contributed by atoms with Gasteiger partial charge >= 0.3 is 6.18 Å². The standard InChI is InChI=1S/C9H5F5N2/c1-4-5(8(10)11)2-7(9(12,13)14)16-6(4)3-15/h2,8H,1H3. The van der Waals surface area contributed by atoms with Gasteiger partial charge in [-0.05, 0) is 18.6 Å². The van der Waals surface area contributed by atoms with E-state index in [2.05, 4.69) is 4.98 Å². The minimum Gasteiger partial charge on any atom is -0.232 e. The Hall–Kier alpha value is -1.71. The fourth-order valence-electron chi connectivity index (χ4n) is 1.11. The van der Waals surface area contributed by atoms with Gasteiger partial charge in [0.25, 0.3) is 6.43 Å². The Bertz CT molecular complexity index is 444. The number of aromatic nitrogens is 1. The monoisotopic (exact) mass is 236 g/mol. The second kappa shape index (κ2) is 4.04. The summed E-state index contributed by atoms with van der Waals surface area (Å²) in [7, 11) is 0. The molecule has 16 heavy (non-hydrogen) atoms. The number of halogens is 5. The lowest BCUT2D eigenvalue weighted by Crippen LogP contribution is -2.11. The van der Waals surface area contributed by atoms with Crippen molar-refractivity contribution in [3.63, 3.8) is 0 Å². The van der Waals surface area contributed by atoms with Crippen LogP contribution < -0.4 is 0 Å². The number of alkyl halides is 5. The molecule has 0 saturated heterocycles. The lowest BCUT2D eigenvalue weighted by molar-refractivity contribution is -0.141. The normalized spacial score (nSPS) is 11.6. The SMILES string of the molecule is Cc1c(C(F)F)cc(C(F)(F)F)nc1C#N. The van der Waals surface area contributed by atoms with Crippen LogP contribution in [0.25, 0.3) is 0 Å². The Morgan fingerprint density at radius 1 is 1.38 bits per heavy atom. The van der Waals surface area contributed by atoms with Gasteiger partial charge in [0.05, 0.1) is 0 Å². The zero-order valence-corrected chi connectivity index (χ0v) is 7.94. The molecule has 7 heteroatoms. The van der Waals surface area contributed by atoms with E-state index >= 15 is 0 Å². The molecule has 1 aromatic heterocycles. The maximum atomic E-state index is 12.4. The lowest BCUT2D eigenvalue weighted by Gasteiger charge is -2.11. The average molecular weight is 236 g/mol. The zero-order valence-electron chi connectivity index (χ0n) is 7.94. The van der Waals surface area contributed by atoms with Crippen molar-refractivity contribution in [3.05, 3.63) is 28.6 Å².